The van der Waals surface area contributed by atoms with E-state index >= 15 is 0 Å². The van der Waals surface area contributed by atoms with Crippen LogP contribution in [0.4, 0.5) is 5.69 Å². The predicted octanol–water partition coefficient (Wildman–Crippen LogP) is 2.74. The van der Waals surface area contributed by atoms with Crippen molar-refractivity contribution < 1.29 is 24.3 Å². The molecule has 4 rings (SSSR count). The molecular weight excluding hydrogens is 522 g/mol. The van der Waals surface area contributed by atoms with Gasteiger partial charge in [-0.15, -0.1) is 0 Å². The summed E-state index contributed by atoms with van der Waals surface area (Å²) in [7, 11) is 0. The minimum Gasteiger partial charge on any atom is -0.481 e. The number of carboxylic acid groups (broad SMARTS) is 1. The summed E-state index contributed by atoms with van der Waals surface area (Å²) < 4.78 is 0. The Morgan fingerprint density at radius 3 is 2.44 bits per heavy atom. The summed E-state index contributed by atoms with van der Waals surface area (Å²) in [6, 6.07) is 13.9. The largest absolute Gasteiger partial charge is 0.481 e. The lowest BCUT2D eigenvalue weighted by atomic mass is 10.0. The molecule has 2 saturated heterocycles. The first kappa shape index (κ1) is 30.2. The van der Waals surface area contributed by atoms with Crippen LogP contribution in [-0.4, -0.2) is 82.8 Å². The maximum atomic E-state index is 12.3. The number of aryl methyl sites for hydroxylation is 1. The van der Waals surface area contributed by atoms with Gasteiger partial charge >= 0.3 is 5.97 Å². The number of nitrogens with zero attached hydrogens (tertiary/aromatic N) is 3. The van der Waals surface area contributed by atoms with Crippen LogP contribution in [0.3, 0.4) is 0 Å². The quantitative estimate of drug-likeness (QED) is 0.182. The van der Waals surface area contributed by atoms with E-state index in [2.05, 4.69) is 44.7 Å². The van der Waals surface area contributed by atoms with Gasteiger partial charge in [0.15, 0.2) is 0 Å². The third-order valence-corrected chi connectivity index (χ3v) is 7.99. The van der Waals surface area contributed by atoms with Crippen LogP contribution in [0.15, 0.2) is 42.5 Å². The number of rotatable bonds is 14. The first-order chi connectivity index (χ1) is 19.8. The second-order valence-electron chi connectivity index (χ2n) is 11.0. The SMILES string of the molecule is Cc1cccc(NCc2ccc(CN3CCN(CCCCC(=O)O)CC3)cc2)c1CN(C=O)C1CCC(=O)NC1=O. The average Bonchev–Trinajstić information content (AvgIpc) is 2.96. The molecule has 3 amide bonds. The molecule has 0 aliphatic carbocycles. The highest BCUT2D eigenvalue weighted by molar-refractivity contribution is 6.00. The van der Waals surface area contributed by atoms with Gasteiger partial charge in [-0.05, 0) is 61.1 Å². The summed E-state index contributed by atoms with van der Waals surface area (Å²) >= 11 is 0. The van der Waals surface area contributed by atoms with Gasteiger partial charge in [0, 0.05) is 64.3 Å². The van der Waals surface area contributed by atoms with E-state index in [0.717, 1.165) is 74.5 Å². The topological polar surface area (TPSA) is 122 Å². The van der Waals surface area contributed by atoms with Crippen molar-refractivity contribution in [2.45, 2.75) is 64.7 Å². The fraction of sp³-hybridized carbons (Fsp3) is 0.484. The van der Waals surface area contributed by atoms with Gasteiger partial charge in [-0.2, -0.15) is 0 Å². The zero-order chi connectivity index (χ0) is 29.2. The van der Waals surface area contributed by atoms with Gasteiger partial charge in [0.2, 0.25) is 18.2 Å². The van der Waals surface area contributed by atoms with Crippen LogP contribution in [0.5, 0.6) is 0 Å². The predicted molar refractivity (Wildman–Crippen MR) is 156 cm³/mol. The number of amides is 3. The monoisotopic (exact) mass is 563 g/mol. The van der Waals surface area contributed by atoms with Crippen LogP contribution < -0.4 is 10.6 Å². The number of carboxylic acids is 1. The summed E-state index contributed by atoms with van der Waals surface area (Å²) in [5.41, 5.74) is 5.29. The number of imide groups is 1. The van der Waals surface area contributed by atoms with Gasteiger partial charge in [0.05, 0.1) is 0 Å². The number of carbonyl (C=O) groups excluding carboxylic acids is 3. The molecule has 2 aromatic carbocycles. The summed E-state index contributed by atoms with van der Waals surface area (Å²) in [6.07, 6.45) is 3.16. The van der Waals surface area contributed by atoms with Crippen molar-refractivity contribution in [3.63, 3.8) is 0 Å². The number of nitrogens with one attached hydrogen (secondary N) is 2. The van der Waals surface area contributed by atoms with Crippen LogP contribution >= 0.6 is 0 Å². The number of aliphatic carboxylic acids is 1. The highest BCUT2D eigenvalue weighted by Crippen LogP contribution is 2.24. The highest BCUT2D eigenvalue weighted by atomic mass is 16.4. The Hall–Kier alpha value is -3.76. The molecule has 0 bridgehead atoms. The number of hydrogen-bond donors (Lipinski definition) is 3. The van der Waals surface area contributed by atoms with Crippen LogP contribution in [0.25, 0.3) is 0 Å². The molecule has 3 N–H and O–H groups in total. The lowest BCUT2D eigenvalue weighted by Gasteiger charge is -2.34. The molecule has 2 fully saturated rings. The molecule has 1 unspecified atom stereocenters. The van der Waals surface area contributed by atoms with Gasteiger partial charge in [0.25, 0.3) is 0 Å². The van der Waals surface area contributed by atoms with E-state index in [1.165, 1.54) is 10.5 Å². The molecular formula is C31H41N5O5. The second kappa shape index (κ2) is 14.7. The maximum absolute atomic E-state index is 12.3. The van der Waals surface area contributed by atoms with Crippen LogP contribution in [0.2, 0.25) is 0 Å². The number of benzene rings is 2. The zero-order valence-corrected chi connectivity index (χ0v) is 23.8. The standard InChI is InChI=1S/C31H41N5O5/c1-23-5-4-6-27(26(23)21-36(22-37)28-12-13-29(38)33-31(28)41)32-19-24-8-10-25(11-9-24)20-35-17-15-34(16-18-35)14-3-2-7-30(39)40/h4-6,8-11,22,28,32H,2-3,7,12-21H2,1H3,(H,39,40)(H,33,38,41). The third kappa shape index (κ3) is 8.86. The van der Waals surface area contributed by atoms with Crippen molar-refractivity contribution in [2.24, 2.45) is 0 Å². The fourth-order valence-electron chi connectivity index (χ4n) is 5.48. The number of carbonyl (C=O) groups is 4. The minimum absolute atomic E-state index is 0.224. The molecule has 220 valence electrons. The molecule has 2 heterocycles. The van der Waals surface area contributed by atoms with Crippen LogP contribution in [-0.2, 0) is 38.8 Å². The van der Waals surface area contributed by atoms with Crippen molar-refractivity contribution >= 4 is 29.9 Å². The first-order valence-corrected chi connectivity index (χ1v) is 14.4. The summed E-state index contributed by atoms with van der Waals surface area (Å²) in [5, 5.41) is 14.6. The molecule has 2 aromatic rings. The van der Waals surface area contributed by atoms with E-state index < -0.39 is 17.9 Å². The molecule has 0 saturated carbocycles. The number of piperazine rings is 1. The molecule has 0 spiro atoms. The fourth-order valence-corrected chi connectivity index (χ4v) is 5.48. The number of anilines is 1. The van der Waals surface area contributed by atoms with Crippen molar-refractivity contribution in [3.8, 4) is 0 Å². The molecule has 0 aromatic heterocycles. The minimum atomic E-state index is -0.718. The first-order valence-electron chi connectivity index (χ1n) is 14.4. The Kier molecular flexibility index (Phi) is 10.9. The maximum Gasteiger partial charge on any atom is 0.303 e. The zero-order valence-electron chi connectivity index (χ0n) is 23.8. The number of unbranched alkanes of at least 4 members (excludes halogenated alkanes) is 1. The van der Waals surface area contributed by atoms with Gasteiger partial charge in [-0.3, -0.25) is 29.4 Å². The Balaban J connectivity index is 1.27. The number of piperidine rings is 1. The highest BCUT2D eigenvalue weighted by Gasteiger charge is 2.31. The van der Waals surface area contributed by atoms with Crippen molar-refractivity contribution in [1.29, 1.82) is 0 Å². The molecule has 0 radical (unpaired) electrons. The Bertz CT molecular complexity index is 1210. The van der Waals surface area contributed by atoms with E-state index in [4.69, 9.17) is 5.11 Å². The van der Waals surface area contributed by atoms with Crippen molar-refractivity contribution in [3.05, 3.63) is 64.7 Å². The third-order valence-electron chi connectivity index (χ3n) is 7.99. The van der Waals surface area contributed by atoms with Crippen LogP contribution in [0, 0.1) is 6.92 Å². The van der Waals surface area contributed by atoms with E-state index in [9.17, 15) is 19.2 Å². The van der Waals surface area contributed by atoms with Gasteiger partial charge in [-0.1, -0.05) is 36.4 Å². The average molecular weight is 564 g/mol. The van der Waals surface area contributed by atoms with E-state index in [1.807, 2.05) is 25.1 Å². The lowest BCUT2D eigenvalue weighted by Crippen LogP contribution is -2.51. The Labute approximate surface area is 241 Å². The van der Waals surface area contributed by atoms with Gasteiger partial charge < -0.3 is 20.2 Å². The van der Waals surface area contributed by atoms with E-state index in [-0.39, 0.29) is 25.3 Å². The Morgan fingerprint density at radius 2 is 1.76 bits per heavy atom. The van der Waals surface area contributed by atoms with Gasteiger partial charge in [-0.25, -0.2) is 0 Å². The molecule has 2 aliphatic rings. The van der Waals surface area contributed by atoms with Crippen molar-refractivity contribution in [1.82, 2.24) is 20.0 Å². The molecule has 1 atom stereocenters. The van der Waals surface area contributed by atoms with E-state index in [0.29, 0.717) is 19.4 Å². The molecule has 10 nitrogen and oxygen atoms in total. The van der Waals surface area contributed by atoms with Gasteiger partial charge in [0.1, 0.15) is 6.04 Å². The van der Waals surface area contributed by atoms with E-state index in [1.54, 1.807) is 0 Å². The number of hydrogen-bond acceptors (Lipinski definition) is 7. The smallest absolute Gasteiger partial charge is 0.303 e. The summed E-state index contributed by atoms with van der Waals surface area (Å²) in [6.45, 7) is 8.81. The normalized spacial score (nSPS) is 18.1. The molecule has 10 heteroatoms. The van der Waals surface area contributed by atoms with Crippen LogP contribution in [0.1, 0.15) is 54.4 Å². The summed E-state index contributed by atoms with van der Waals surface area (Å²) in [4.78, 5) is 52.8. The lowest BCUT2D eigenvalue weighted by molar-refractivity contribution is -0.141. The second-order valence-corrected chi connectivity index (χ2v) is 11.0. The van der Waals surface area contributed by atoms with Crippen molar-refractivity contribution in [2.75, 3.05) is 38.0 Å². The molecule has 41 heavy (non-hydrogen) atoms. The molecule has 2 aliphatic heterocycles. The summed E-state index contributed by atoms with van der Waals surface area (Å²) in [5.74, 6) is -1.44. The Morgan fingerprint density at radius 1 is 1.05 bits per heavy atom.